The summed E-state index contributed by atoms with van der Waals surface area (Å²) in [6.07, 6.45) is 6.81. The molecule has 1 fully saturated rings. The average Bonchev–Trinajstić information content (AvgIpc) is 3.33. The van der Waals surface area contributed by atoms with Gasteiger partial charge < -0.3 is 4.74 Å². The lowest BCUT2D eigenvalue weighted by Gasteiger charge is -2.15. The van der Waals surface area contributed by atoms with Crippen molar-refractivity contribution in [3.8, 4) is 0 Å². The summed E-state index contributed by atoms with van der Waals surface area (Å²) in [4.78, 5) is 6.53. The molecule has 3 aromatic rings. The highest BCUT2D eigenvalue weighted by atomic mass is 16.5. The Morgan fingerprint density at radius 1 is 1.00 bits per heavy atom. The summed E-state index contributed by atoms with van der Waals surface area (Å²) < 4.78 is 7.74. The molecule has 0 bridgehead atoms. The Morgan fingerprint density at radius 2 is 1.85 bits per heavy atom. The molecule has 1 unspecified atom stereocenters. The number of hydrogen-bond donors (Lipinski definition) is 0. The van der Waals surface area contributed by atoms with Gasteiger partial charge in [0.15, 0.2) is 0 Å². The zero-order valence-electron chi connectivity index (χ0n) is 14.7. The smallest absolute Gasteiger partial charge is 0.108 e. The number of ether oxygens (including phenoxy) is 1. The molecule has 6 nitrogen and oxygen atoms in total. The van der Waals surface area contributed by atoms with Gasteiger partial charge in [-0.3, -0.25) is 9.88 Å². The van der Waals surface area contributed by atoms with Gasteiger partial charge in [0.25, 0.3) is 0 Å². The van der Waals surface area contributed by atoms with Crippen LogP contribution in [-0.2, 0) is 24.5 Å². The van der Waals surface area contributed by atoms with Gasteiger partial charge in [-0.2, -0.15) is 0 Å². The Balaban J connectivity index is 1.27. The van der Waals surface area contributed by atoms with E-state index >= 15 is 0 Å². The maximum Gasteiger partial charge on any atom is 0.108 e. The molecule has 2 aromatic heterocycles. The third kappa shape index (κ3) is 4.33. The molecule has 26 heavy (non-hydrogen) atoms. The van der Waals surface area contributed by atoms with Crippen LogP contribution in [0.5, 0.6) is 0 Å². The maximum atomic E-state index is 5.75. The molecule has 0 radical (unpaired) electrons. The fraction of sp³-hybridized carbons (Fsp3) is 0.350. The maximum absolute atomic E-state index is 5.75. The molecule has 0 amide bonds. The van der Waals surface area contributed by atoms with Gasteiger partial charge >= 0.3 is 0 Å². The van der Waals surface area contributed by atoms with E-state index in [1.807, 2.05) is 41.5 Å². The van der Waals surface area contributed by atoms with E-state index in [-0.39, 0.29) is 0 Å². The molecule has 0 spiro atoms. The molecule has 1 aliphatic heterocycles. The molecule has 1 aromatic carbocycles. The molecular weight excluding hydrogens is 326 g/mol. The highest BCUT2D eigenvalue weighted by Gasteiger charge is 2.24. The second kappa shape index (κ2) is 8.21. The first-order valence-corrected chi connectivity index (χ1v) is 9.00. The minimum Gasteiger partial charge on any atom is -0.370 e. The monoisotopic (exact) mass is 349 g/mol. The van der Waals surface area contributed by atoms with Crippen LogP contribution in [-0.4, -0.2) is 38.0 Å². The molecule has 134 valence electrons. The first-order valence-electron chi connectivity index (χ1n) is 9.00. The first kappa shape index (κ1) is 16.9. The first-order chi connectivity index (χ1) is 12.9. The minimum absolute atomic E-state index is 0.382. The number of benzene rings is 1. The van der Waals surface area contributed by atoms with Gasteiger partial charge in [-0.05, 0) is 29.7 Å². The van der Waals surface area contributed by atoms with Crippen LogP contribution in [0, 0.1) is 0 Å². The Morgan fingerprint density at radius 3 is 2.69 bits per heavy atom. The third-order valence-corrected chi connectivity index (χ3v) is 4.70. The fourth-order valence-corrected chi connectivity index (χ4v) is 3.32. The van der Waals surface area contributed by atoms with Crippen LogP contribution < -0.4 is 0 Å². The van der Waals surface area contributed by atoms with Crippen LogP contribution >= 0.6 is 0 Å². The highest BCUT2D eigenvalue weighted by molar-refractivity contribution is 5.13. The van der Waals surface area contributed by atoms with E-state index in [1.54, 1.807) is 0 Å². The lowest BCUT2D eigenvalue weighted by Crippen LogP contribution is -2.21. The van der Waals surface area contributed by atoms with Crippen molar-refractivity contribution in [3.05, 3.63) is 77.9 Å². The van der Waals surface area contributed by atoms with Crippen LogP contribution in [0.15, 0.2) is 61.1 Å². The second-order valence-corrected chi connectivity index (χ2v) is 6.70. The number of aromatic nitrogens is 4. The van der Waals surface area contributed by atoms with Crippen molar-refractivity contribution in [2.45, 2.75) is 32.2 Å². The summed E-state index contributed by atoms with van der Waals surface area (Å²) in [6.45, 7) is 4.11. The van der Waals surface area contributed by atoms with Gasteiger partial charge in [0, 0.05) is 32.0 Å². The van der Waals surface area contributed by atoms with Gasteiger partial charge in [0.1, 0.15) is 5.69 Å². The van der Waals surface area contributed by atoms with Crippen LogP contribution in [0.3, 0.4) is 0 Å². The SMILES string of the molecule is c1ccc(COCc2cn(C3CCN(Cc4ccncc4)C3)nn2)cc1. The minimum atomic E-state index is 0.382. The predicted molar refractivity (Wildman–Crippen MR) is 98.1 cm³/mol. The molecule has 1 atom stereocenters. The molecule has 6 heteroatoms. The van der Waals surface area contributed by atoms with Crippen molar-refractivity contribution in [1.29, 1.82) is 0 Å². The molecule has 3 heterocycles. The topological polar surface area (TPSA) is 56.1 Å². The van der Waals surface area contributed by atoms with Crippen LogP contribution in [0.1, 0.15) is 29.3 Å². The average molecular weight is 349 g/mol. The number of rotatable bonds is 7. The predicted octanol–water partition coefficient (Wildman–Crippen LogP) is 2.84. The zero-order valence-corrected chi connectivity index (χ0v) is 14.7. The van der Waals surface area contributed by atoms with Gasteiger partial charge in [-0.1, -0.05) is 35.5 Å². The summed E-state index contributed by atoms with van der Waals surface area (Å²) in [7, 11) is 0. The van der Waals surface area contributed by atoms with Gasteiger partial charge in [0.2, 0.25) is 0 Å². The molecule has 0 N–H and O–H groups in total. The summed E-state index contributed by atoms with van der Waals surface area (Å²) >= 11 is 0. The summed E-state index contributed by atoms with van der Waals surface area (Å²) in [5.74, 6) is 0. The Bertz CT molecular complexity index is 805. The van der Waals surface area contributed by atoms with E-state index in [0.29, 0.717) is 19.3 Å². The van der Waals surface area contributed by atoms with E-state index in [1.165, 1.54) is 11.1 Å². The molecule has 1 aliphatic rings. The van der Waals surface area contributed by atoms with Crippen LogP contribution in [0.25, 0.3) is 0 Å². The summed E-state index contributed by atoms with van der Waals surface area (Å²) in [5, 5.41) is 8.58. The summed E-state index contributed by atoms with van der Waals surface area (Å²) in [6, 6.07) is 14.7. The summed E-state index contributed by atoms with van der Waals surface area (Å²) in [5.41, 5.74) is 3.35. The lowest BCUT2D eigenvalue weighted by molar-refractivity contribution is 0.104. The van der Waals surface area contributed by atoms with Gasteiger partial charge in [-0.15, -0.1) is 5.10 Å². The van der Waals surface area contributed by atoms with Crippen molar-refractivity contribution in [1.82, 2.24) is 24.9 Å². The lowest BCUT2D eigenvalue weighted by atomic mass is 10.2. The number of nitrogens with zero attached hydrogens (tertiary/aromatic N) is 5. The third-order valence-electron chi connectivity index (χ3n) is 4.70. The van der Waals surface area contributed by atoms with Crippen molar-refractivity contribution >= 4 is 0 Å². The molecule has 4 rings (SSSR count). The molecule has 0 aliphatic carbocycles. The van der Waals surface area contributed by atoms with E-state index < -0.39 is 0 Å². The van der Waals surface area contributed by atoms with Crippen LogP contribution in [0.4, 0.5) is 0 Å². The second-order valence-electron chi connectivity index (χ2n) is 6.70. The van der Waals surface area contributed by atoms with Crippen molar-refractivity contribution < 1.29 is 4.74 Å². The van der Waals surface area contributed by atoms with Crippen LogP contribution in [0.2, 0.25) is 0 Å². The van der Waals surface area contributed by atoms with E-state index in [9.17, 15) is 0 Å². The van der Waals surface area contributed by atoms with E-state index in [4.69, 9.17) is 4.74 Å². The number of likely N-dealkylation sites (tertiary alicyclic amines) is 1. The van der Waals surface area contributed by atoms with E-state index in [2.05, 4.69) is 44.5 Å². The highest BCUT2D eigenvalue weighted by Crippen LogP contribution is 2.22. The fourth-order valence-electron chi connectivity index (χ4n) is 3.32. The largest absolute Gasteiger partial charge is 0.370 e. The van der Waals surface area contributed by atoms with E-state index in [0.717, 1.165) is 31.7 Å². The Kier molecular flexibility index (Phi) is 5.33. The zero-order chi connectivity index (χ0) is 17.6. The standard InChI is InChI=1S/C20H23N5O/c1-2-4-18(5-3-1)15-26-16-19-13-25(23-22-19)20-8-11-24(14-20)12-17-6-9-21-10-7-17/h1-7,9-10,13,20H,8,11-12,14-16H2. The Labute approximate surface area is 153 Å². The molecule has 1 saturated heterocycles. The van der Waals surface area contributed by atoms with Crippen molar-refractivity contribution in [2.75, 3.05) is 13.1 Å². The van der Waals surface area contributed by atoms with Gasteiger partial charge in [-0.25, -0.2) is 4.68 Å². The number of pyridine rings is 1. The molecular formula is C20H23N5O. The van der Waals surface area contributed by atoms with Crippen molar-refractivity contribution in [2.24, 2.45) is 0 Å². The van der Waals surface area contributed by atoms with Gasteiger partial charge in [0.05, 0.1) is 25.5 Å². The normalized spacial score (nSPS) is 17.6. The quantitative estimate of drug-likeness (QED) is 0.656. The molecule has 0 saturated carbocycles. The number of hydrogen-bond acceptors (Lipinski definition) is 5. The Hall–Kier alpha value is -2.57. The van der Waals surface area contributed by atoms with Crippen molar-refractivity contribution in [3.63, 3.8) is 0 Å².